The van der Waals surface area contributed by atoms with Crippen LogP contribution in [0, 0.1) is 0 Å². The molecule has 1 atom stereocenters. The Balaban J connectivity index is 1.50. The zero-order valence-corrected chi connectivity index (χ0v) is 14.6. The summed E-state index contributed by atoms with van der Waals surface area (Å²) in [4.78, 5) is 4.30. The minimum Gasteiger partial charge on any atom is -0.490 e. The average Bonchev–Trinajstić information content (AvgIpc) is 3.30. The largest absolute Gasteiger partial charge is 0.490 e. The SMILES string of the molecule is CN=C(NCc1ccccc1OC1CCCC1)NCC1CCCO1. The Morgan fingerprint density at radius 2 is 2.00 bits per heavy atom. The molecular formula is C19H29N3O2. The number of nitrogens with one attached hydrogen (secondary N) is 2. The van der Waals surface area contributed by atoms with Crippen molar-refractivity contribution in [3.05, 3.63) is 29.8 Å². The minimum absolute atomic E-state index is 0.307. The third kappa shape index (κ3) is 4.87. The second kappa shape index (κ2) is 8.92. The van der Waals surface area contributed by atoms with Crippen LogP contribution in [0.5, 0.6) is 5.75 Å². The topological polar surface area (TPSA) is 54.9 Å². The van der Waals surface area contributed by atoms with Crippen LogP contribution in [0.4, 0.5) is 0 Å². The average molecular weight is 331 g/mol. The lowest BCUT2D eigenvalue weighted by atomic mass is 10.2. The maximum Gasteiger partial charge on any atom is 0.191 e. The fraction of sp³-hybridized carbons (Fsp3) is 0.632. The van der Waals surface area contributed by atoms with Gasteiger partial charge in [-0.2, -0.15) is 0 Å². The van der Waals surface area contributed by atoms with E-state index in [1.807, 2.05) is 6.07 Å². The van der Waals surface area contributed by atoms with Crippen LogP contribution in [0.3, 0.4) is 0 Å². The quantitative estimate of drug-likeness (QED) is 0.622. The summed E-state index contributed by atoms with van der Waals surface area (Å²) in [7, 11) is 1.80. The summed E-state index contributed by atoms with van der Waals surface area (Å²) < 4.78 is 11.8. The number of ether oxygens (including phenoxy) is 2. The number of guanidine groups is 1. The lowest BCUT2D eigenvalue weighted by Crippen LogP contribution is -2.40. The smallest absolute Gasteiger partial charge is 0.191 e. The molecule has 0 spiro atoms. The van der Waals surface area contributed by atoms with Gasteiger partial charge in [-0.15, -0.1) is 0 Å². The number of nitrogens with zero attached hydrogens (tertiary/aromatic N) is 1. The third-order valence-electron chi connectivity index (χ3n) is 4.76. The van der Waals surface area contributed by atoms with Crippen LogP contribution in [0.2, 0.25) is 0 Å². The summed E-state index contributed by atoms with van der Waals surface area (Å²) >= 11 is 0. The Morgan fingerprint density at radius 1 is 1.17 bits per heavy atom. The predicted molar refractivity (Wildman–Crippen MR) is 96.5 cm³/mol. The second-order valence-corrected chi connectivity index (χ2v) is 6.57. The fourth-order valence-electron chi connectivity index (χ4n) is 3.37. The maximum absolute atomic E-state index is 6.19. The number of benzene rings is 1. The van der Waals surface area contributed by atoms with Crippen LogP contribution < -0.4 is 15.4 Å². The molecule has 132 valence electrons. The van der Waals surface area contributed by atoms with E-state index in [-0.39, 0.29) is 0 Å². The van der Waals surface area contributed by atoms with Gasteiger partial charge in [0.1, 0.15) is 5.75 Å². The number of hydrogen-bond donors (Lipinski definition) is 2. The molecule has 2 fully saturated rings. The highest BCUT2D eigenvalue weighted by Crippen LogP contribution is 2.26. The molecule has 2 aliphatic rings. The van der Waals surface area contributed by atoms with E-state index in [2.05, 4.69) is 33.8 Å². The van der Waals surface area contributed by atoms with Crippen LogP contribution in [0.1, 0.15) is 44.1 Å². The van der Waals surface area contributed by atoms with E-state index in [1.54, 1.807) is 7.05 Å². The molecule has 0 aromatic heterocycles. The van der Waals surface area contributed by atoms with E-state index in [4.69, 9.17) is 9.47 Å². The van der Waals surface area contributed by atoms with E-state index in [1.165, 1.54) is 31.2 Å². The third-order valence-corrected chi connectivity index (χ3v) is 4.76. The number of aliphatic imine (C=N–C) groups is 1. The molecule has 1 aliphatic heterocycles. The molecule has 1 unspecified atom stereocenters. The molecule has 24 heavy (non-hydrogen) atoms. The minimum atomic E-state index is 0.307. The van der Waals surface area contributed by atoms with Crippen molar-refractivity contribution >= 4 is 5.96 Å². The molecule has 0 radical (unpaired) electrons. The highest BCUT2D eigenvalue weighted by molar-refractivity contribution is 5.79. The molecule has 1 aromatic carbocycles. The van der Waals surface area contributed by atoms with Crippen molar-refractivity contribution in [1.29, 1.82) is 0 Å². The van der Waals surface area contributed by atoms with Crippen LogP contribution in [0.15, 0.2) is 29.3 Å². The fourth-order valence-corrected chi connectivity index (χ4v) is 3.37. The van der Waals surface area contributed by atoms with E-state index >= 15 is 0 Å². The highest BCUT2D eigenvalue weighted by Gasteiger charge is 2.18. The van der Waals surface area contributed by atoms with Crippen LogP contribution in [-0.2, 0) is 11.3 Å². The van der Waals surface area contributed by atoms with Crippen molar-refractivity contribution in [2.24, 2.45) is 4.99 Å². The number of rotatable bonds is 6. The lowest BCUT2D eigenvalue weighted by molar-refractivity contribution is 0.114. The first-order valence-corrected chi connectivity index (χ1v) is 9.16. The Hall–Kier alpha value is -1.75. The molecule has 2 N–H and O–H groups in total. The van der Waals surface area contributed by atoms with Crippen molar-refractivity contribution in [3.8, 4) is 5.75 Å². The normalized spacial score (nSPS) is 21.9. The summed E-state index contributed by atoms with van der Waals surface area (Å²) in [6, 6.07) is 8.28. The van der Waals surface area contributed by atoms with Crippen molar-refractivity contribution in [2.45, 2.75) is 57.3 Å². The van der Waals surface area contributed by atoms with Crippen molar-refractivity contribution in [2.75, 3.05) is 20.2 Å². The van der Waals surface area contributed by atoms with Crippen molar-refractivity contribution in [3.63, 3.8) is 0 Å². The summed E-state index contributed by atoms with van der Waals surface area (Å²) in [5.74, 6) is 1.80. The van der Waals surface area contributed by atoms with E-state index in [0.29, 0.717) is 18.8 Å². The zero-order chi connectivity index (χ0) is 16.6. The van der Waals surface area contributed by atoms with Gasteiger partial charge in [-0.1, -0.05) is 18.2 Å². The number of hydrogen-bond acceptors (Lipinski definition) is 3. The first kappa shape index (κ1) is 17.1. The molecule has 1 aromatic rings. The van der Waals surface area contributed by atoms with Gasteiger partial charge in [0.2, 0.25) is 0 Å². The molecule has 1 heterocycles. The standard InChI is InChI=1S/C19H29N3O2/c1-20-19(22-14-17-10-6-12-23-17)21-13-15-7-2-5-11-18(15)24-16-8-3-4-9-16/h2,5,7,11,16-17H,3-4,6,8-10,12-14H2,1H3,(H2,20,21,22). The first-order valence-electron chi connectivity index (χ1n) is 9.16. The molecule has 0 bridgehead atoms. The van der Waals surface area contributed by atoms with E-state index in [9.17, 15) is 0 Å². The molecule has 5 nitrogen and oxygen atoms in total. The zero-order valence-electron chi connectivity index (χ0n) is 14.6. The predicted octanol–water partition coefficient (Wildman–Crippen LogP) is 2.85. The van der Waals surface area contributed by atoms with Crippen molar-refractivity contribution in [1.82, 2.24) is 10.6 Å². The Morgan fingerprint density at radius 3 is 2.75 bits per heavy atom. The van der Waals surface area contributed by atoms with Gasteiger partial charge < -0.3 is 20.1 Å². The molecule has 1 saturated carbocycles. The van der Waals surface area contributed by atoms with Gasteiger partial charge in [-0.25, -0.2) is 0 Å². The Kier molecular flexibility index (Phi) is 6.35. The van der Waals surface area contributed by atoms with Gasteiger partial charge in [0.25, 0.3) is 0 Å². The summed E-state index contributed by atoms with van der Waals surface area (Å²) in [6.07, 6.45) is 7.88. The second-order valence-electron chi connectivity index (χ2n) is 6.57. The molecule has 1 saturated heterocycles. The Labute approximate surface area is 144 Å². The monoisotopic (exact) mass is 331 g/mol. The summed E-state index contributed by atoms with van der Waals surface area (Å²) in [6.45, 7) is 2.39. The molecular weight excluding hydrogens is 302 g/mol. The maximum atomic E-state index is 6.19. The molecule has 3 rings (SSSR count). The highest BCUT2D eigenvalue weighted by atomic mass is 16.5. The van der Waals surface area contributed by atoms with Gasteiger partial charge in [-0.05, 0) is 44.6 Å². The molecule has 0 amide bonds. The lowest BCUT2D eigenvalue weighted by Gasteiger charge is -2.18. The van der Waals surface area contributed by atoms with Crippen LogP contribution in [-0.4, -0.2) is 38.4 Å². The summed E-state index contributed by atoms with van der Waals surface area (Å²) in [5, 5.41) is 6.73. The van der Waals surface area contributed by atoms with E-state index < -0.39 is 0 Å². The molecule has 1 aliphatic carbocycles. The van der Waals surface area contributed by atoms with E-state index in [0.717, 1.165) is 37.7 Å². The van der Waals surface area contributed by atoms with Gasteiger partial charge in [-0.3, -0.25) is 4.99 Å². The first-order chi connectivity index (χ1) is 11.8. The van der Waals surface area contributed by atoms with Gasteiger partial charge >= 0.3 is 0 Å². The van der Waals surface area contributed by atoms with Crippen LogP contribution in [0.25, 0.3) is 0 Å². The van der Waals surface area contributed by atoms with Crippen LogP contribution >= 0.6 is 0 Å². The van der Waals surface area contributed by atoms with Gasteiger partial charge in [0.05, 0.1) is 12.2 Å². The van der Waals surface area contributed by atoms with Gasteiger partial charge in [0.15, 0.2) is 5.96 Å². The van der Waals surface area contributed by atoms with Gasteiger partial charge in [0, 0.05) is 32.3 Å². The summed E-state index contributed by atoms with van der Waals surface area (Å²) in [5.41, 5.74) is 1.17. The number of para-hydroxylation sites is 1. The molecule has 5 heteroatoms. The van der Waals surface area contributed by atoms with Crippen molar-refractivity contribution < 1.29 is 9.47 Å². The Bertz CT molecular complexity index is 535.